The van der Waals surface area contributed by atoms with Gasteiger partial charge in [0.2, 0.25) is 10.0 Å². The molecular weight excluding hydrogens is 375 g/mol. The molecule has 0 fully saturated rings. The van der Waals surface area contributed by atoms with Crippen LogP contribution < -0.4 is 10.3 Å². The zero-order valence-electron chi connectivity index (χ0n) is 12.2. The topological polar surface area (TPSA) is 81.3 Å². The van der Waals surface area contributed by atoms with Crippen LogP contribution >= 0.6 is 23.2 Å². The Kier molecular flexibility index (Phi) is 4.69. The Labute approximate surface area is 147 Å². The Morgan fingerprint density at radius 2 is 1.96 bits per heavy atom. The Bertz CT molecular complexity index is 1060. The van der Waals surface area contributed by atoms with Crippen molar-refractivity contribution in [1.82, 2.24) is 9.29 Å². The maximum Gasteiger partial charge on any atom is 0.294 e. The third kappa shape index (κ3) is 3.34. The SMILES string of the molecule is O=c1c2occc2ccn1CCNS(=O)(=O)c1cc(Cl)ccc1Cl. The first-order valence-corrected chi connectivity index (χ1v) is 9.14. The van der Waals surface area contributed by atoms with E-state index in [2.05, 4.69) is 4.72 Å². The van der Waals surface area contributed by atoms with E-state index in [-0.39, 0.29) is 39.2 Å². The third-order valence-corrected chi connectivity index (χ3v) is 5.59. The molecule has 0 aliphatic carbocycles. The van der Waals surface area contributed by atoms with E-state index in [1.165, 1.54) is 29.0 Å². The summed E-state index contributed by atoms with van der Waals surface area (Å²) in [7, 11) is -3.83. The Balaban J connectivity index is 1.76. The molecule has 0 radical (unpaired) electrons. The van der Waals surface area contributed by atoms with Crippen LogP contribution in [0.4, 0.5) is 0 Å². The largest absolute Gasteiger partial charge is 0.459 e. The summed E-state index contributed by atoms with van der Waals surface area (Å²) in [6, 6.07) is 7.59. The molecule has 3 aromatic rings. The first-order valence-electron chi connectivity index (χ1n) is 6.90. The summed E-state index contributed by atoms with van der Waals surface area (Å²) >= 11 is 11.7. The van der Waals surface area contributed by atoms with Crippen LogP contribution in [0.25, 0.3) is 11.0 Å². The number of benzene rings is 1. The van der Waals surface area contributed by atoms with Gasteiger partial charge in [-0.3, -0.25) is 4.79 Å². The van der Waals surface area contributed by atoms with Gasteiger partial charge in [0.25, 0.3) is 5.56 Å². The second kappa shape index (κ2) is 6.60. The lowest BCUT2D eigenvalue weighted by Crippen LogP contribution is -2.30. The molecule has 9 heteroatoms. The number of aromatic nitrogens is 1. The number of hydrogen-bond donors (Lipinski definition) is 1. The van der Waals surface area contributed by atoms with Gasteiger partial charge in [-0.2, -0.15) is 0 Å². The van der Waals surface area contributed by atoms with Crippen molar-refractivity contribution in [2.24, 2.45) is 0 Å². The van der Waals surface area contributed by atoms with Crippen LogP contribution in [0.15, 0.2) is 56.9 Å². The van der Waals surface area contributed by atoms with Gasteiger partial charge in [0, 0.05) is 29.7 Å². The second-order valence-corrected chi connectivity index (χ2v) is 7.57. The van der Waals surface area contributed by atoms with Crippen LogP contribution in [0.5, 0.6) is 0 Å². The van der Waals surface area contributed by atoms with Gasteiger partial charge in [-0.25, -0.2) is 13.1 Å². The summed E-state index contributed by atoms with van der Waals surface area (Å²) in [4.78, 5) is 12.1. The molecule has 0 aliphatic heterocycles. The monoisotopic (exact) mass is 386 g/mol. The highest BCUT2D eigenvalue weighted by Gasteiger charge is 2.18. The average molecular weight is 387 g/mol. The van der Waals surface area contributed by atoms with Gasteiger partial charge in [-0.1, -0.05) is 23.2 Å². The van der Waals surface area contributed by atoms with Gasteiger partial charge in [0.05, 0.1) is 11.3 Å². The molecule has 2 aromatic heterocycles. The average Bonchev–Trinajstić information content (AvgIpc) is 3.01. The molecular formula is C15H12Cl2N2O4S. The zero-order chi connectivity index (χ0) is 17.3. The van der Waals surface area contributed by atoms with Crippen LogP contribution in [0.2, 0.25) is 10.0 Å². The van der Waals surface area contributed by atoms with Crippen molar-refractivity contribution in [2.75, 3.05) is 6.54 Å². The lowest BCUT2D eigenvalue weighted by molar-refractivity contribution is 0.567. The van der Waals surface area contributed by atoms with Crippen LogP contribution in [0.1, 0.15) is 0 Å². The van der Waals surface area contributed by atoms with Crippen molar-refractivity contribution < 1.29 is 12.8 Å². The van der Waals surface area contributed by atoms with E-state index in [4.69, 9.17) is 27.6 Å². The molecule has 24 heavy (non-hydrogen) atoms. The normalized spacial score (nSPS) is 11.9. The van der Waals surface area contributed by atoms with Gasteiger partial charge in [-0.05, 0) is 30.3 Å². The predicted molar refractivity (Wildman–Crippen MR) is 92.1 cm³/mol. The number of nitrogens with one attached hydrogen (secondary N) is 1. The molecule has 3 rings (SSSR count). The maximum absolute atomic E-state index is 12.3. The minimum Gasteiger partial charge on any atom is -0.459 e. The van der Waals surface area contributed by atoms with E-state index in [1.54, 1.807) is 18.3 Å². The smallest absolute Gasteiger partial charge is 0.294 e. The van der Waals surface area contributed by atoms with Crippen molar-refractivity contribution in [3.63, 3.8) is 0 Å². The summed E-state index contributed by atoms with van der Waals surface area (Å²) in [6.07, 6.45) is 3.01. The van der Waals surface area contributed by atoms with E-state index >= 15 is 0 Å². The highest BCUT2D eigenvalue weighted by Crippen LogP contribution is 2.24. The van der Waals surface area contributed by atoms with Gasteiger partial charge >= 0.3 is 0 Å². The highest BCUT2D eigenvalue weighted by atomic mass is 35.5. The van der Waals surface area contributed by atoms with Crippen molar-refractivity contribution in [3.8, 4) is 0 Å². The maximum atomic E-state index is 12.3. The fourth-order valence-electron chi connectivity index (χ4n) is 2.23. The predicted octanol–water partition coefficient (Wildman–Crippen LogP) is 2.88. The quantitative estimate of drug-likeness (QED) is 0.730. The molecule has 0 aliphatic rings. The Morgan fingerprint density at radius 1 is 1.17 bits per heavy atom. The summed E-state index contributed by atoms with van der Waals surface area (Å²) in [5, 5.41) is 1.03. The number of nitrogens with zero attached hydrogens (tertiary/aromatic N) is 1. The van der Waals surface area contributed by atoms with E-state index in [0.29, 0.717) is 5.39 Å². The van der Waals surface area contributed by atoms with E-state index in [1.807, 2.05) is 0 Å². The minimum absolute atomic E-state index is 0.0112. The van der Waals surface area contributed by atoms with Crippen molar-refractivity contribution in [3.05, 3.63) is 63.2 Å². The Morgan fingerprint density at radius 3 is 2.75 bits per heavy atom. The van der Waals surface area contributed by atoms with Crippen molar-refractivity contribution in [2.45, 2.75) is 11.4 Å². The molecule has 2 heterocycles. The number of fused-ring (bicyclic) bond motifs is 1. The molecule has 0 bridgehead atoms. The fraction of sp³-hybridized carbons (Fsp3) is 0.133. The van der Waals surface area contributed by atoms with Crippen LogP contribution in [0, 0.1) is 0 Å². The third-order valence-electron chi connectivity index (χ3n) is 3.41. The van der Waals surface area contributed by atoms with Crippen molar-refractivity contribution in [1.29, 1.82) is 0 Å². The second-order valence-electron chi connectivity index (χ2n) is 4.99. The lowest BCUT2D eigenvalue weighted by atomic mass is 10.3. The van der Waals surface area contributed by atoms with Gasteiger partial charge in [0.1, 0.15) is 4.90 Å². The lowest BCUT2D eigenvalue weighted by Gasteiger charge is -2.10. The first-order chi connectivity index (χ1) is 11.4. The van der Waals surface area contributed by atoms with Gasteiger partial charge in [-0.15, -0.1) is 0 Å². The molecule has 6 nitrogen and oxygen atoms in total. The molecule has 0 unspecified atom stereocenters. The Hall–Kier alpha value is -1.80. The highest BCUT2D eigenvalue weighted by molar-refractivity contribution is 7.89. The zero-order valence-corrected chi connectivity index (χ0v) is 14.5. The number of sulfonamides is 1. The summed E-state index contributed by atoms with van der Waals surface area (Å²) in [5.74, 6) is 0. The van der Waals surface area contributed by atoms with Crippen molar-refractivity contribution >= 4 is 44.2 Å². The molecule has 126 valence electrons. The van der Waals surface area contributed by atoms with Gasteiger partial charge < -0.3 is 8.98 Å². The summed E-state index contributed by atoms with van der Waals surface area (Å²) < 4.78 is 33.5. The standard InChI is InChI=1S/C15H12Cl2N2O4S/c16-11-1-2-12(17)13(9-11)24(21,22)18-5-7-19-6-3-10-4-8-23-14(10)15(19)20/h1-4,6,8-9,18H,5,7H2. The number of hydrogen-bond acceptors (Lipinski definition) is 4. The number of pyridine rings is 1. The number of halogens is 2. The summed E-state index contributed by atoms with van der Waals surface area (Å²) in [5.41, 5.74) is -0.0873. The van der Waals surface area contributed by atoms with E-state index in [0.717, 1.165) is 0 Å². The number of rotatable bonds is 5. The minimum atomic E-state index is -3.83. The first kappa shape index (κ1) is 17.0. The van der Waals surface area contributed by atoms with E-state index in [9.17, 15) is 13.2 Å². The molecule has 1 aromatic carbocycles. The summed E-state index contributed by atoms with van der Waals surface area (Å²) in [6.45, 7) is 0.157. The fourth-order valence-corrected chi connectivity index (χ4v) is 4.01. The van der Waals surface area contributed by atoms with Gasteiger partial charge in [0.15, 0.2) is 5.58 Å². The molecule has 0 saturated heterocycles. The van der Waals surface area contributed by atoms with Crippen LogP contribution in [-0.4, -0.2) is 19.5 Å². The molecule has 0 saturated carbocycles. The molecule has 1 N–H and O–H groups in total. The molecule has 0 spiro atoms. The molecule has 0 atom stereocenters. The van der Waals surface area contributed by atoms with Crippen LogP contribution in [0.3, 0.4) is 0 Å². The van der Waals surface area contributed by atoms with E-state index < -0.39 is 10.0 Å². The molecule has 0 amide bonds. The van der Waals surface area contributed by atoms with Crippen LogP contribution in [-0.2, 0) is 16.6 Å². The number of furan rings is 1.